The second-order valence-electron chi connectivity index (χ2n) is 8.95. The number of piperidine rings is 1. The summed E-state index contributed by atoms with van der Waals surface area (Å²) in [5.41, 5.74) is 1.03. The van der Waals surface area contributed by atoms with Crippen molar-refractivity contribution in [3.05, 3.63) is 84.3 Å². The van der Waals surface area contributed by atoms with Gasteiger partial charge in [0.1, 0.15) is 5.54 Å². The van der Waals surface area contributed by atoms with Crippen LogP contribution in [-0.2, 0) is 20.7 Å². The lowest BCUT2D eigenvalue weighted by atomic mass is 9.84. The van der Waals surface area contributed by atoms with Crippen molar-refractivity contribution in [2.24, 2.45) is 0 Å². The van der Waals surface area contributed by atoms with Gasteiger partial charge in [-0.2, -0.15) is 0 Å². The van der Waals surface area contributed by atoms with Crippen molar-refractivity contribution in [2.75, 3.05) is 37.0 Å². The van der Waals surface area contributed by atoms with Crippen LogP contribution < -0.4 is 10.2 Å². The summed E-state index contributed by atoms with van der Waals surface area (Å²) in [6.07, 6.45) is 3.12. The van der Waals surface area contributed by atoms with E-state index >= 15 is 0 Å². The highest BCUT2D eigenvalue weighted by molar-refractivity contribution is 6.10. The van der Waals surface area contributed by atoms with Crippen molar-refractivity contribution >= 4 is 29.2 Å². The van der Waals surface area contributed by atoms with Gasteiger partial charge in [-0.05, 0) is 55.2 Å². The van der Waals surface area contributed by atoms with E-state index in [2.05, 4.69) is 22.3 Å². The smallest absolute Gasteiger partial charge is 0.332 e. The van der Waals surface area contributed by atoms with Crippen molar-refractivity contribution < 1.29 is 23.5 Å². The molecule has 0 aliphatic carbocycles. The van der Waals surface area contributed by atoms with E-state index in [0.717, 1.165) is 13.0 Å². The molecule has 1 aliphatic heterocycles. The van der Waals surface area contributed by atoms with Crippen LogP contribution in [0.1, 0.15) is 35.9 Å². The molecule has 8 heteroatoms. The van der Waals surface area contributed by atoms with Gasteiger partial charge in [0.2, 0.25) is 5.91 Å². The fourth-order valence-corrected chi connectivity index (χ4v) is 4.78. The molecule has 36 heavy (non-hydrogen) atoms. The average Bonchev–Trinajstić information content (AvgIpc) is 3.43. The Labute approximate surface area is 210 Å². The van der Waals surface area contributed by atoms with Crippen LogP contribution in [0.2, 0.25) is 0 Å². The fourth-order valence-electron chi connectivity index (χ4n) is 4.78. The molecule has 188 valence electrons. The molecule has 1 fully saturated rings. The SMILES string of the molecule is COC(=O)C1(N(C(=O)c2ccco2)c2cccc(NC(C)=O)c2)CCN(CCc2ccccc2)CC1. The monoisotopic (exact) mass is 489 g/mol. The number of esters is 1. The number of carbonyl (C=O) groups excluding carboxylic acids is 3. The Kier molecular flexibility index (Phi) is 7.85. The molecular formula is C28H31N3O5. The minimum Gasteiger partial charge on any atom is -0.467 e. The predicted octanol–water partition coefficient (Wildman–Crippen LogP) is 4.14. The number of nitrogens with zero attached hydrogens (tertiary/aromatic N) is 2. The highest BCUT2D eigenvalue weighted by atomic mass is 16.5. The third kappa shape index (κ3) is 5.49. The molecule has 0 bridgehead atoms. The summed E-state index contributed by atoms with van der Waals surface area (Å²) in [6.45, 7) is 3.51. The van der Waals surface area contributed by atoms with Gasteiger partial charge in [0.05, 0.1) is 13.4 Å². The average molecular weight is 490 g/mol. The van der Waals surface area contributed by atoms with E-state index < -0.39 is 17.4 Å². The van der Waals surface area contributed by atoms with Crippen LogP contribution in [0.4, 0.5) is 11.4 Å². The van der Waals surface area contributed by atoms with Crippen molar-refractivity contribution in [1.82, 2.24) is 4.90 Å². The standard InChI is InChI=1S/C28H31N3O5/c1-21(32)29-23-10-6-11-24(20-23)31(26(33)25-12-7-19-36-25)28(27(34)35-2)14-17-30(18-15-28)16-13-22-8-4-3-5-9-22/h3-12,19-20H,13-18H2,1-2H3,(H,29,32). The van der Waals surface area contributed by atoms with Gasteiger partial charge in [-0.1, -0.05) is 36.4 Å². The molecule has 0 saturated carbocycles. The van der Waals surface area contributed by atoms with Gasteiger partial charge in [0.25, 0.3) is 5.91 Å². The maximum atomic E-state index is 13.8. The van der Waals surface area contributed by atoms with Gasteiger partial charge in [0, 0.05) is 37.9 Å². The molecule has 1 saturated heterocycles. The Morgan fingerprint density at radius 1 is 1.03 bits per heavy atom. The van der Waals surface area contributed by atoms with Gasteiger partial charge in [-0.25, -0.2) is 4.79 Å². The van der Waals surface area contributed by atoms with E-state index in [9.17, 15) is 14.4 Å². The molecule has 3 aromatic rings. The number of methoxy groups -OCH3 is 1. The molecule has 4 rings (SSSR count). The van der Waals surface area contributed by atoms with Crippen LogP contribution in [-0.4, -0.2) is 55.0 Å². The van der Waals surface area contributed by atoms with Crippen molar-refractivity contribution in [2.45, 2.75) is 31.7 Å². The molecule has 2 aromatic carbocycles. The van der Waals surface area contributed by atoms with Gasteiger partial charge in [0.15, 0.2) is 5.76 Å². The van der Waals surface area contributed by atoms with Crippen LogP contribution in [0.25, 0.3) is 0 Å². The number of carbonyl (C=O) groups is 3. The summed E-state index contributed by atoms with van der Waals surface area (Å²) in [4.78, 5) is 42.6. The van der Waals surface area contributed by atoms with Crippen LogP contribution in [0, 0.1) is 0 Å². The Morgan fingerprint density at radius 2 is 1.78 bits per heavy atom. The third-order valence-corrected chi connectivity index (χ3v) is 6.60. The van der Waals surface area contributed by atoms with Crippen molar-refractivity contribution in [3.63, 3.8) is 0 Å². The first-order valence-electron chi connectivity index (χ1n) is 12.0. The number of furan rings is 1. The number of hydrogen-bond donors (Lipinski definition) is 1. The third-order valence-electron chi connectivity index (χ3n) is 6.60. The molecule has 8 nitrogen and oxygen atoms in total. The van der Waals surface area contributed by atoms with Crippen LogP contribution in [0.3, 0.4) is 0 Å². The summed E-state index contributed by atoms with van der Waals surface area (Å²) in [6, 6.07) is 20.4. The first-order valence-corrected chi connectivity index (χ1v) is 12.0. The van der Waals surface area contributed by atoms with Gasteiger partial charge >= 0.3 is 5.97 Å². The van der Waals surface area contributed by atoms with E-state index in [-0.39, 0.29) is 11.7 Å². The zero-order valence-electron chi connectivity index (χ0n) is 20.6. The molecule has 2 heterocycles. The lowest BCUT2D eigenvalue weighted by Gasteiger charge is -2.46. The number of nitrogens with one attached hydrogen (secondary N) is 1. The van der Waals surface area contributed by atoms with Crippen molar-refractivity contribution in [1.29, 1.82) is 0 Å². The largest absolute Gasteiger partial charge is 0.467 e. The zero-order valence-corrected chi connectivity index (χ0v) is 20.6. The number of rotatable bonds is 8. The number of benzene rings is 2. The Hall–Kier alpha value is -3.91. The number of hydrogen-bond acceptors (Lipinski definition) is 6. The molecule has 0 unspecified atom stereocenters. The number of likely N-dealkylation sites (tertiary alicyclic amines) is 1. The second-order valence-corrected chi connectivity index (χ2v) is 8.95. The van der Waals surface area contributed by atoms with Crippen LogP contribution in [0.5, 0.6) is 0 Å². The van der Waals surface area contributed by atoms with Crippen LogP contribution >= 0.6 is 0 Å². The Morgan fingerprint density at radius 3 is 2.42 bits per heavy atom. The maximum Gasteiger partial charge on any atom is 0.332 e. The fraction of sp³-hybridized carbons (Fsp3) is 0.321. The normalized spacial score (nSPS) is 15.2. The lowest BCUT2D eigenvalue weighted by molar-refractivity contribution is -0.149. The highest BCUT2D eigenvalue weighted by Crippen LogP contribution is 2.37. The van der Waals surface area contributed by atoms with Gasteiger partial charge in [-0.3, -0.25) is 14.5 Å². The maximum absolute atomic E-state index is 13.8. The predicted molar refractivity (Wildman–Crippen MR) is 137 cm³/mol. The van der Waals surface area contributed by atoms with E-state index in [0.29, 0.717) is 37.3 Å². The molecule has 1 aromatic heterocycles. The summed E-state index contributed by atoms with van der Waals surface area (Å²) >= 11 is 0. The van der Waals surface area contributed by atoms with Gasteiger partial charge < -0.3 is 19.4 Å². The topological polar surface area (TPSA) is 92.1 Å². The molecule has 1 aliphatic rings. The number of ether oxygens (including phenoxy) is 1. The van der Waals surface area contributed by atoms with Crippen LogP contribution in [0.15, 0.2) is 77.4 Å². The highest BCUT2D eigenvalue weighted by Gasteiger charge is 2.50. The van der Waals surface area contributed by atoms with Gasteiger partial charge in [-0.15, -0.1) is 0 Å². The molecule has 0 spiro atoms. The molecule has 2 amide bonds. The lowest BCUT2D eigenvalue weighted by Crippen LogP contribution is -2.62. The van der Waals surface area contributed by atoms with Crippen molar-refractivity contribution in [3.8, 4) is 0 Å². The summed E-state index contributed by atoms with van der Waals surface area (Å²) in [7, 11) is 1.34. The quantitative estimate of drug-likeness (QED) is 0.478. The van der Waals surface area contributed by atoms with E-state index in [4.69, 9.17) is 9.15 Å². The minimum atomic E-state index is -1.23. The molecule has 0 atom stereocenters. The Balaban J connectivity index is 1.65. The number of anilines is 2. The molecule has 1 N–H and O–H groups in total. The molecule has 0 radical (unpaired) electrons. The molecular weight excluding hydrogens is 458 g/mol. The van der Waals surface area contributed by atoms with E-state index in [1.807, 2.05) is 18.2 Å². The van der Waals surface area contributed by atoms with E-state index in [1.54, 1.807) is 36.4 Å². The first kappa shape index (κ1) is 25.2. The Bertz CT molecular complexity index is 1180. The second kappa shape index (κ2) is 11.2. The minimum absolute atomic E-state index is 0.120. The summed E-state index contributed by atoms with van der Waals surface area (Å²) in [5, 5.41) is 2.75. The van der Waals surface area contributed by atoms with E-state index in [1.165, 1.54) is 30.8 Å². The summed E-state index contributed by atoms with van der Waals surface area (Å²) < 4.78 is 10.7. The first-order chi connectivity index (χ1) is 17.4. The summed E-state index contributed by atoms with van der Waals surface area (Å²) in [5.74, 6) is -1.03. The zero-order chi connectivity index (χ0) is 25.5. The number of amides is 2.